The quantitative estimate of drug-likeness (QED) is 0.804. The smallest absolute Gasteiger partial charge is 0.335 e. The number of hydrogen-bond acceptors (Lipinski definition) is 4. The number of nitrogens with zero attached hydrogens (tertiary/aromatic N) is 2. The second-order valence-electron chi connectivity index (χ2n) is 4.00. The molecular weight excluding hydrogens is 244 g/mol. The molecule has 0 aliphatic heterocycles. The normalized spacial score (nSPS) is 10.1. The van der Waals surface area contributed by atoms with Gasteiger partial charge in [0.1, 0.15) is 0 Å². The van der Waals surface area contributed by atoms with Crippen molar-refractivity contribution in [1.29, 1.82) is 0 Å². The average molecular weight is 258 g/mol. The minimum Gasteiger partial charge on any atom is -0.478 e. The Labute approximate surface area is 110 Å². The van der Waals surface area contributed by atoms with Gasteiger partial charge < -0.3 is 9.84 Å². The second kappa shape index (κ2) is 6.49. The third-order valence-corrected chi connectivity index (χ3v) is 2.59. The fourth-order valence-corrected chi connectivity index (χ4v) is 1.62. The van der Waals surface area contributed by atoms with Gasteiger partial charge in [0, 0.05) is 24.7 Å². The van der Waals surface area contributed by atoms with Gasteiger partial charge in [0.15, 0.2) is 0 Å². The van der Waals surface area contributed by atoms with E-state index in [0.717, 1.165) is 12.8 Å². The summed E-state index contributed by atoms with van der Waals surface area (Å²) in [5.41, 5.74) is 1.38. The molecular formula is C14H14N2O3. The van der Waals surface area contributed by atoms with E-state index >= 15 is 0 Å². The topological polar surface area (TPSA) is 72.3 Å². The van der Waals surface area contributed by atoms with Gasteiger partial charge in [-0.05, 0) is 36.6 Å². The van der Waals surface area contributed by atoms with Crippen LogP contribution in [0.1, 0.15) is 22.3 Å². The number of ether oxygens (including phenoxy) is 1. The molecule has 0 unspecified atom stereocenters. The molecule has 0 radical (unpaired) electrons. The number of aryl methyl sites for hydroxylation is 1. The summed E-state index contributed by atoms with van der Waals surface area (Å²) < 4.78 is 5.43. The maximum absolute atomic E-state index is 10.8. The largest absolute Gasteiger partial charge is 0.478 e. The molecule has 0 spiro atoms. The molecule has 0 atom stereocenters. The van der Waals surface area contributed by atoms with Gasteiger partial charge in [-0.1, -0.05) is 0 Å². The van der Waals surface area contributed by atoms with Crippen LogP contribution in [0.5, 0.6) is 5.88 Å². The Bertz CT molecular complexity index is 543. The third kappa shape index (κ3) is 4.06. The first kappa shape index (κ1) is 13.0. The summed E-state index contributed by atoms with van der Waals surface area (Å²) in [4.78, 5) is 18.7. The van der Waals surface area contributed by atoms with Gasteiger partial charge in [-0.2, -0.15) is 0 Å². The number of pyridine rings is 2. The monoisotopic (exact) mass is 258 g/mol. The number of carboxylic acids is 1. The van der Waals surface area contributed by atoms with Gasteiger partial charge in [0.05, 0.1) is 12.2 Å². The van der Waals surface area contributed by atoms with E-state index in [2.05, 4.69) is 9.97 Å². The summed E-state index contributed by atoms with van der Waals surface area (Å²) in [6, 6.07) is 6.79. The summed E-state index contributed by atoms with van der Waals surface area (Å²) in [5.74, 6) is -0.640. The van der Waals surface area contributed by atoms with E-state index in [1.807, 2.05) is 12.1 Å². The highest BCUT2D eigenvalue weighted by atomic mass is 16.5. The van der Waals surface area contributed by atoms with Crippen LogP contribution in [0.25, 0.3) is 0 Å². The van der Waals surface area contributed by atoms with Crippen molar-refractivity contribution in [3.05, 3.63) is 54.0 Å². The van der Waals surface area contributed by atoms with Crippen molar-refractivity contribution in [3.8, 4) is 5.88 Å². The van der Waals surface area contributed by atoms with Crippen molar-refractivity contribution in [3.63, 3.8) is 0 Å². The van der Waals surface area contributed by atoms with E-state index in [-0.39, 0.29) is 5.56 Å². The maximum Gasteiger partial charge on any atom is 0.335 e. The molecule has 0 fully saturated rings. The summed E-state index contributed by atoms with van der Waals surface area (Å²) >= 11 is 0. The highest BCUT2D eigenvalue weighted by Crippen LogP contribution is 2.10. The Morgan fingerprint density at radius 1 is 1.21 bits per heavy atom. The molecule has 0 amide bonds. The molecule has 0 aromatic carbocycles. The van der Waals surface area contributed by atoms with Crippen LogP contribution in [0.2, 0.25) is 0 Å². The predicted octanol–water partition coefficient (Wildman–Crippen LogP) is 2.19. The SMILES string of the molecule is O=C(O)c1ccnc(OCCCc2ccncc2)c1. The van der Waals surface area contributed by atoms with Crippen molar-refractivity contribution < 1.29 is 14.6 Å². The fraction of sp³-hybridized carbons (Fsp3) is 0.214. The Balaban J connectivity index is 1.80. The second-order valence-corrected chi connectivity index (χ2v) is 4.00. The molecule has 5 nitrogen and oxygen atoms in total. The standard InChI is InChI=1S/C14H14N2O3/c17-14(18)12-5-8-16-13(10-12)19-9-1-2-11-3-6-15-7-4-11/h3-8,10H,1-2,9H2,(H,17,18). The van der Waals surface area contributed by atoms with E-state index < -0.39 is 5.97 Å². The average Bonchev–Trinajstić information content (AvgIpc) is 2.45. The van der Waals surface area contributed by atoms with Gasteiger partial charge in [0.25, 0.3) is 0 Å². The van der Waals surface area contributed by atoms with Gasteiger partial charge in [-0.25, -0.2) is 9.78 Å². The molecule has 1 N–H and O–H groups in total. The summed E-state index contributed by atoms with van der Waals surface area (Å²) in [6.45, 7) is 0.498. The molecule has 0 saturated carbocycles. The lowest BCUT2D eigenvalue weighted by atomic mass is 10.1. The van der Waals surface area contributed by atoms with Gasteiger partial charge in [-0.3, -0.25) is 4.98 Å². The molecule has 2 rings (SSSR count). The molecule has 19 heavy (non-hydrogen) atoms. The van der Waals surface area contributed by atoms with Crippen molar-refractivity contribution in [2.24, 2.45) is 0 Å². The maximum atomic E-state index is 10.8. The van der Waals surface area contributed by atoms with Crippen LogP contribution in [0.4, 0.5) is 0 Å². The van der Waals surface area contributed by atoms with Gasteiger partial charge >= 0.3 is 5.97 Å². The van der Waals surface area contributed by atoms with Crippen LogP contribution in [0.15, 0.2) is 42.9 Å². The Hall–Kier alpha value is -2.43. The van der Waals surface area contributed by atoms with Gasteiger partial charge in [0.2, 0.25) is 5.88 Å². The van der Waals surface area contributed by atoms with Crippen LogP contribution in [0, 0.1) is 0 Å². The molecule has 0 bridgehead atoms. The van der Waals surface area contributed by atoms with E-state index in [1.165, 1.54) is 23.9 Å². The van der Waals surface area contributed by atoms with Crippen molar-refractivity contribution in [2.75, 3.05) is 6.61 Å². The zero-order valence-electron chi connectivity index (χ0n) is 10.3. The molecule has 5 heteroatoms. The summed E-state index contributed by atoms with van der Waals surface area (Å²) in [7, 11) is 0. The van der Waals surface area contributed by atoms with Crippen LogP contribution < -0.4 is 4.74 Å². The first-order valence-corrected chi connectivity index (χ1v) is 5.97. The lowest BCUT2D eigenvalue weighted by Crippen LogP contribution is -2.03. The van der Waals surface area contributed by atoms with E-state index in [4.69, 9.17) is 9.84 Å². The number of aromatic nitrogens is 2. The van der Waals surface area contributed by atoms with Crippen LogP contribution >= 0.6 is 0 Å². The van der Waals surface area contributed by atoms with Crippen molar-refractivity contribution in [1.82, 2.24) is 9.97 Å². The first-order chi connectivity index (χ1) is 9.25. The van der Waals surface area contributed by atoms with E-state index in [0.29, 0.717) is 12.5 Å². The minimum absolute atomic E-state index is 0.180. The molecule has 2 heterocycles. The predicted molar refractivity (Wildman–Crippen MR) is 69.2 cm³/mol. The Morgan fingerprint density at radius 3 is 2.74 bits per heavy atom. The van der Waals surface area contributed by atoms with Crippen molar-refractivity contribution >= 4 is 5.97 Å². The van der Waals surface area contributed by atoms with E-state index in [9.17, 15) is 4.79 Å². The zero-order chi connectivity index (χ0) is 13.5. The van der Waals surface area contributed by atoms with Crippen molar-refractivity contribution in [2.45, 2.75) is 12.8 Å². The number of rotatable bonds is 6. The molecule has 0 aliphatic carbocycles. The zero-order valence-corrected chi connectivity index (χ0v) is 10.3. The molecule has 2 aromatic heterocycles. The summed E-state index contributed by atoms with van der Waals surface area (Å²) in [5, 5.41) is 8.84. The van der Waals surface area contributed by atoms with Gasteiger partial charge in [-0.15, -0.1) is 0 Å². The van der Waals surface area contributed by atoms with Crippen LogP contribution in [0.3, 0.4) is 0 Å². The fourth-order valence-electron chi connectivity index (χ4n) is 1.62. The van der Waals surface area contributed by atoms with E-state index in [1.54, 1.807) is 12.4 Å². The molecule has 2 aromatic rings. The summed E-state index contributed by atoms with van der Waals surface area (Å²) in [6.07, 6.45) is 6.67. The third-order valence-electron chi connectivity index (χ3n) is 2.59. The minimum atomic E-state index is -0.982. The molecule has 0 saturated heterocycles. The number of carboxylic acid groups (broad SMARTS) is 1. The van der Waals surface area contributed by atoms with Crippen LogP contribution in [-0.2, 0) is 6.42 Å². The number of hydrogen-bond donors (Lipinski definition) is 1. The van der Waals surface area contributed by atoms with Crippen LogP contribution in [-0.4, -0.2) is 27.7 Å². The highest BCUT2D eigenvalue weighted by Gasteiger charge is 2.04. The lowest BCUT2D eigenvalue weighted by molar-refractivity contribution is 0.0696. The Morgan fingerprint density at radius 2 is 2.00 bits per heavy atom. The highest BCUT2D eigenvalue weighted by molar-refractivity contribution is 5.87. The molecule has 98 valence electrons. The molecule has 0 aliphatic rings. The Kier molecular flexibility index (Phi) is 4.44. The lowest BCUT2D eigenvalue weighted by Gasteiger charge is -2.05. The number of aromatic carboxylic acids is 1. The first-order valence-electron chi connectivity index (χ1n) is 5.97. The number of carbonyl (C=O) groups is 1.